The van der Waals surface area contributed by atoms with Gasteiger partial charge in [-0.2, -0.15) is 4.98 Å². The summed E-state index contributed by atoms with van der Waals surface area (Å²) in [5.41, 5.74) is 3.87. The van der Waals surface area contributed by atoms with Gasteiger partial charge < -0.3 is 19.5 Å². The van der Waals surface area contributed by atoms with Crippen molar-refractivity contribution in [2.75, 3.05) is 23.4 Å². The summed E-state index contributed by atoms with van der Waals surface area (Å²) in [6.07, 6.45) is 15.9. The van der Waals surface area contributed by atoms with Crippen LogP contribution in [0.1, 0.15) is 51.0 Å². The fourth-order valence-corrected chi connectivity index (χ4v) is 6.79. The van der Waals surface area contributed by atoms with E-state index in [1.807, 2.05) is 29.0 Å². The molecule has 2 bridgehead atoms. The first-order valence-electron chi connectivity index (χ1n) is 15.2. The molecule has 10 heteroatoms. The van der Waals surface area contributed by atoms with E-state index in [0.717, 1.165) is 24.2 Å². The van der Waals surface area contributed by atoms with E-state index < -0.39 is 0 Å². The van der Waals surface area contributed by atoms with Crippen molar-refractivity contribution in [3.8, 4) is 11.4 Å². The van der Waals surface area contributed by atoms with E-state index in [-0.39, 0.29) is 18.1 Å². The van der Waals surface area contributed by atoms with Crippen LogP contribution in [-0.4, -0.2) is 43.0 Å². The lowest BCUT2D eigenvalue weighted by atomic mass is 9.95. The second-order valence-corrected chi connectivity index (χ2v) is 11.6. The van der Waals surface area contributed by atoms with Crippen LogP contribution in [0.2, 0.25) is 0 Å². The van der Waals surface area contributed by atoms with Gasteiger partial charge in [-0.25, -0.2) is 14.3 Å². The summed E-state index contributed by atoms with van der Waals surface area (Å²) in [7, 11) is 0. The highest BCUT2D eigenvalue weighted by Crippen LogP contribution is 2.36. The van der Waals surface area contributed by atoms with Crippen LogP contribution in [0.3, 0.4) is 0 Å². The zero-order chi connectivity index (χ0) is 28.9. The average molecular weight is 576 g/mol. The third kappa shape index (κ3) is 4.48. The van der Waals surface area contributed by atoms with Crippen molar-refractivity contribution >= 4 is 45.2 Å². The largest absolute Gasteiger partial charge is 0.482 e. The quantitative estimate of drug-likeness (QED) is 0.271. The second-order valence-electron chi connectivity index (χ2n) is 11.6. The van der Waals surface area contributed by atoms with Gasteiger partial charge in [0.15, 0.2) is 12.3 Å². The standard InChI is InChI=1S/C33H33N7O3/c41-30-21-43-29-13-11-25-19-28(29)38(30)15-6-1-2-7-16-39-32(42)26-20-34-33(36-31(26)40(25)39)35-23-10-12-27-22(18-23)14-17-37(27)24-8-4-3-5-9-24/h2,7,10-14,17-20,24H,1,3-6,8-9,15-16,21H2,(H,34,35,36). The van der Waals surface area contributed by atoms with Crippen molar-refractivity contribution in [3.63, 3.8) is 0 Å². The van der Waals surface area contributed by atoms with Crippen molar-refractivity contribution in [1.29, 1.82) is 0 Å². The smallest absolute Gasteiger partial charge is 0.278 e. The Balaban J connectivity index is 1.19. The Hall–Kier alpha value is -4.86. The zero-order valence-electron chi connectivity index (χ0n) is 23.9. The fourth-order valence-electron chi connectivity index (χ4n) is 6.79. The Morgan fingerprint density at radius 1 is 0.953 bits per heavy atom. The molecule has 1 saturated carbocycles. The molecule has 2 aliphatic heterocycles. The van der Waals surface area contributed by atoms with Gasteiger partial charge in [-0.05, 0) is 68.1 Å². The molecule has 1 amide bonds. The molecule has 1 fully saturated rings. The maximum absolute atomic E-state index is 13.6. The minimum absolute atomic E-state index is 0.0265. The summed E-state index contributed by atoms with van der Waals surface area (Å²) in [5, 5.41) is 4.96. The first kappa shape index (κ1) is 25.8. The Kier molecular flexibility index (Phi) is 6.27. The van der Waals surface area contributed by atoms with Crippen molar-refractivity contribution in [3.05, 3.63) is 77.4 Å². The average Bonchev–Trinajstić information content (AvgIpc) is 3.57. The number of benzene rings is 2. The van der Waals surface area contributed by atoms with Crippen LogP contribution in [0.5, 0.6) is 5.75 Å². The molecule has 10 nitrogen and oxygen atoms in total. The maximum atomic E-state index is 13.6. The predicted octanol–water partition coefficient (Wildman–Crippen LogP) is 5.86. The van der Waals surface area contributed by atoms with E-state index in [4.69, 9.17) is 9.72 Å². The summed E-state index contributed by atoms with van der Waals surface area (Å²) in [6, 6.07) is 14.8. The summed E-state index contributed by atoms with van der Waals surface area (Å²) >= 11 is 0. The zero-order valence-corrected chi connectivity index (χ0v) is 23.9. The molecule has 3 aliphatic rings. The van der Waals surface area contributed by atoms with Gasteiger partial charge in [-0.1, -0.05) is 31.4 Å². The lowest BCUT2D eigenvalue weighted by Crippen LogP contribution is -2.39. The number of hydrogen-bond donors (Lipinski definition) is 1. The van der Waals surface area contributed by atoms with Gasteiger partial charge in [0.1, 0.15) is 11.1 Å². The van der Waals surface area contributed by atoms with Gasteiger partial charge in [0, 0.05) is 41.6 Å². The molecular weight excluding hydrogens is 542 g/mol. The van der Waals surface area contributed by atoms with Crippen LogP contribution in [0, 0.1) is 0 Å². The van der Waals surface area contributed by atoms with E-state index in [0.29, 0.717) is 47.5 Å². The van der Waals surface area contributed by atoms with Gasteiger partial charge in [-0.3, -0.25) is 9.59 Å². The molecule has 0 saturated heterocycles. The normalized spacial score (nSPS) is 17.4. The fraction of sp³-hybridized carbons (Fsp3) is 0.333. The lowest BCUT2D eigenvalue weighted by Gasteiger charge is -2.30. The summed E-state index contributed by atoms with van der Waals surface area (Å²) in [6.45, 7) is 1.02. The molecule has 43 heavy (non-hydrogen) atoms. The molecule has 0 unspecified atom stereocenters. The number of allylic oxidation sites excluding steroid dienone is 2. The Morgan fingerprint density at radius 2 is 1.86 bits per heavy atom. The number of nitrogens with zero attached hydrogens (tertiary/aromatic N) is 6. The number of nitrogens with one attached hydrogen (secondary N) is 1. The molecule has 5 aromatic rings. The van der Waals surface area contributed by atoms with Crippen LogP contribution in [0.25, 0.3) is 27.6 Å². The van der Waals surface area contributed by atoms with Gasteiger partial charge in [0.2, 0.25) is 5.95 Å². The highest BCUT2D eigenvalue weighted by atomic mass is 16.5. The first-order chi connectivity index (χ1) is 21.1. The number of fused-ring (bicyclic) bond motifs is 6. The molecule has 8 rings (SSSR count). The number of ether oxygens (including phenoxy) is 1. The van der Waals surface area contributed by atoms with Gasteiger partial charge >= 0.3 is 0 Å². The van der Waals surface area contributed by atoms with Gasteiger partial charge in [-0.15, -0.1) is 0 Å². The molecule has 0 radical (unpaired) electrons. The topological polar surface area (TPSA) is 99.2 Å². The number of carbonyl (C=O) groups excluding carboxylic acids is 1. The number of amides is 1. The van der Waals surface area contributed by atoms with E-state index >= 15 is 0 Å². The van der Waals surface area contributed by atoms with Crippen molar-refractivity contribution in [2.45, 2.75) is 57.5 Å². The molecule has 0 spiro atoms. The molecule has 1 aliphatic carbocycles. The van der Waals surface area contributed by atoms with Crippen LogP contribution >= 0.6 is 0 Å². The second kappa shape index (κ2) is 10.4. The molecule has 5 heterocycles. The third-order valence-electron chi connectivity index (χ3n) is 8.95. The molecule has 218 valence electrons. The molecule has 0 atom stereocenters. The van der Waals surface area contributed by atoms with E-state index in [2.05, 4.69) is 51.4 Å². The molecule has 3 aromatic heterocycles. The summed E-state index contributed by atoms with van der Waals surface area (Å²) in [4.78, 5) is 37.5. The number of rotatable bonds is 3. The number of carbonyl (C=O) groups is 1. The molecular formula is C33H33N7O3. The Labute approximate surface area is 248 Å². The van der Waals surface area contributed by atoms with Crippen LogP contribution in [0.15, 0.2) is 71.8 Å². The van der Waals surface area contributed by atoms with Crippen molar-refractivity contribution in [1.82, 2.24) is 23.9 Å². The Morgan fingerprint density at radius 3 is 2.77 bits per heavy atom. The van der Waals surface area contributed by atoms with Crippen molar-refractivity contribution in [2.24, 2.45) is 0 Å². The maximum Gasteiger partial charge on any atom is 0.278 e. The van der Waals surface area contributed by atoms with Crippen LogP contribution < -0.4 is 20.5 Å². The van der Waals surface area contributed by atoms with Crippen molar-refractivity contribution < 1.29 is 9.53 Å². The minimum atomic E-state index is -0.171. The van der Waals surface area contributed by atoms with Crippen LogP contribution in [-0.2, 0) is 11.3 Å². The van der Waals surface area contributed by atoms with Crippen LogP contribution in [0.4, 0.5) is 17.3 Å². The number of anilines is 3. The summed E-state index contributed by atoms with van der Waals surface area (Å²) < 4.78 is 11.6. The van der Waals surface area contributed by atoms with E-state index in [9.17, 15) is 9.59 Å². The third-order valence-corrected chi connectivity index (χ3v) is 8.95. The monoisotopic (exact) mass is 575 g/mol. The SMILES string of the molecule is O=C1COc2ccc3cc2N1CCCC=CCn1c(=O)c2cnc(Nc4ccc5c(ccn5C5CCCCC5)c4)nc2n1-3. The number of aromatic nitrogens is 5. The predicted molar refractivity (Wildman–Crippen MR) is 167 cm³/mol. The first-order valence-corrected chi connectivity index (χ1v) is 15.2. The van der Waals surface area contributed by atoms with Gasteiger partial charge in [0.25, 0.3) is 11.5 Å². The molecule has 1 N–H and O–H groups in total. The highest BCUT2D eigenvalue weighted by Gasteiger charge is 2.27. The highest BCUT2D eigenvalue weighted by molar-refractivity contribution is 5.98. The molecule has 2 aromatic carbocycles. The number of hydrogen-bond acceptors (Lipinski definition) is 6. The minimum Gasteiger partial charge on any atom is -0.482 e. The van der Waals surface area contributed by atoms with E-state index in [1.54, 1.807) is 15.8 Å². The van der Waals surface area contributed by atoms with Gasteiger partial charge in [0.05, 0.1) is 17.9 Å². The lowest BCUT2D eigenvalue weighted by molar-refractivity contribution is -0.121. The van der Waals surface area contributed by atoms with E-state index in [1.165, 1.54) is 43.0 Å². The Bertz CT molecular complexity index is 1960. The summed E-state index contributed by atoms with van der Waals surface area (Å²) in [5.74, 6) is 0.991.